The quantitative estimate of drug-likeness (QED) is 0.779. The zero-order valence-corrected chi connectivity index (χ0v) is 8.42. The van der Waals surface area contributed by atoms with Gasteiger partial charge in [-0.25, -0.2) is 4.39 Å². The highest BCUT2D eigenvalue weighted by Gasteiger charge is 2.31. The molecule has 1 N–H and O–H groups in total. The van der Waals surface area contributed by atoms with Crippen LogP contribution < -0.4 is 0 Å². The molecule has 1 unspecified atom stereocenters. The molecule has 0 radical (unpaired) electrons. The van der Waals surface area contributed by atoms with Crippen LogP contribution in [0.15, 0.2) is 24.3 Å². The smallest absolute Gasteiger partial charge is 0.389 e. The second-order valence-electron chi connectivity index (χ2n) is 3.37. The highest BCUT2D eigenvalue weighted by Crippen LogP contribution is 2.30. The number of hydrogen-bond donors (Lipinski definition) is 1. The van der Waals surface area contributed by atoms with Crippen molar-refractivity contribution in [1.29, 1.82) is 0 Å². The Bertz CT molecular complexity index is 393. The minimum atomic E-state index is -4.57. The van der Waals surface area contributed by atoms with Gasteiger partial charge in [-0.1, -0.05) is 12.2 Å². The summed E-state index contributed by atoms with van der Waals surface area (Å²) in [4.78, 5) is 0. The Morgan fingerprint density at radius 1 is 1.25 bits per heavy atom. The topological polar surface area (TPSA) is 20.2 Å². The first-order chi connectivity index (χ1) is 7.29. The van der Waals surface area contributed by atoms with E-state index in [1.165, 1.54) is 19.1 Å². The van der Waals surface area contributed by atoms with E-state index >= 15 is 0 Å². The van der Waals surface area contributed by atoms with E-state index in [4.69, 9.17) is 5.11 Å². The molecule has 0 aliphatic heterocycles. The standard InChI is InChI=1S/C11H10F4O/c1-7(16)2-3-8-4-9(11(13,14)15)6-10(12)5-8/h2-7,16H,1H3/b3-2+. The molecule has 0 fully saturated rings. The third-order valence-corrected chi connectivity index (χ3v) is 1.81. The van der Waals surface area contributed by atoms with Gasteiger partial charge < -0.3 is 5.11 Å². The van der Waals surface area contributed by atoms with E-state index in [1.54, 1.807) is 0 Å². The molecule has 0 amide bonds. The summed E-state index contributed by atoms with van der Waals surface area (Å²) in [5.41, 5.74) is -0.981. The van der Waals surface area contributed by atoms with Crippen LogP contribution in [-0.2, 0) is 6.18 Å². The maximum Gasteiger partial charge on any atom is 0.416 e. The lowest BCUT2D eigenvalue weighted by molar-refractivity contribution is -0.137. The van der Waals surface area contributed by atoms with Gasteiger partial charge in [-0.15, -0.1) is 0 Å². The van der Waals surface area contributed by atoms with Gasteiger partial charge in [0.2, 0.25) is 0 Å². The lowest BCUT2D eigenvalue weighted by atomic mass is 10.1. The predicted octanol–water partition coefficient (Wildman–Crippen LogP) is 3.24. The largest absolute Gasteiger partial charge is 0.416 e. The molecule has 1 rings (SSSR count). The van der Waals surface area contributed by atoms with E-state index in [1.807, 2.05) is 0 Å². The lowest BCUT2D eigenvalue weighted by Gasteiger charge is -2.07. The highest BCUT2D eigenvalue weighted by molar-refractivity contribution is 5.51. The molecule has 16 heavy (non-hydrogen) atoms. The molecule has 0 aliphatic rings. The fourth-order valence-electron chi connectivity index (χ4n) is 1.12. The van der Waals surface area contributed by atoms with Crippen molar-refractivity contribution in [1.82, 2.24) is 0 Å². The maximum atomic E-state index is 12.9. The second kappa shape index (κ2) is 4.65. The molecule has 5 heteroatoms. The van der Waals surface area contributed by atoms with Crippen molar-refractivity contribution in [3.63, 3.8) is 0 Å². The maximum absolute atomic E-state index is 12.9. The predicted molar refractivity (Wildman–Crippen MR) is 52.1 cm³/mol. The molecule has 1 atom stereocenters. The third kappa shape index (κ3) is 3.66. The molecule has 88 valence electrons. The van der Waals surface area contributed by atoms with Crippen molar-refractivity contribution in [3.05, 3.63) is 41.2 Å². The molecule has 0 heterocycles. The van der Waals surface area contributed by atoms with E-state index in [9.17, 15) is 17.6 Å². The molecule has 1 aromatic rings. The Kier molecular flexibility index (Phi) is 3.70. The molecule has 0 spiro atoms. The normalized spacial score (nSPS) is 14.4. The van der Waals surface area contributed by atoms with Crippen molar-refractivity contribution < 1.29 is 22.7 Å². The monoisotopic (exact) mass is 234 g/mol. The minimum Gasteiger partial charge on any atom is -0.389 e. The van der Waals surface area contributed by atoms with Crippen LogP contribution in [0.25, 0.3) is 6.08 Å². The van der Waals surface area contributed by atoms with Crippen molar-refractivity contribution >= 4 is 6.08 Å². The van der Waals surface area contributed by atoms with Gasteiger partial charge in [0.1, 0.15) is 5.82 Å². The van der Waals surface area contributed by atoms with Gasteiger partial charge in [-0.3, -0.25) is 0 Å². The van der Waals surface area contributed by atoms with Crippen LogP contribution in [0.4, 0.5) is 17.6 Å². The number of alkyl halides is 3. The fourth-order valence-corrected chi connectivity index (χ4v) is 1.12. The van der Waals surface area contributed by atoms with Gasteiger partial charge in [0, 0.05) is 0 Å². The first-order valence-corrected chi connectivity index (χ1v) is 4.53. The Balaban J connectivity index is 3.09. The molecule has 1 nitrogen and oxygen atoms in total. The molecule has 0 bridgehead atoms. The lowest BCUT2D eigenvalue weighted by Crippen LogP contribution is -2.05. The minimum absolute atomic E-state index is 0.0632. The molecule has 0 saturated carbocycles. The number of benzene rings is 1. The fraction of sp³-hybridized carbons (Fsp3) is 0.273. The van der Waals surface area contributed by atoms with Crippen LogP contribution in [0.5, 0.6) is 0 Å². The van der Waals surface area contributed by atoms with E-state index in [0.717, 1.165) is 12.1 Å². The first-order valence-electron chi connectivity index (χ1n) is 4.53. The second-order valence-corrected chi connectivity index (χ2v) is 3.37. The van der Waals surface area contributed by atoms with Gasteiger partial charge in [-0.2, -0.15) is 13.2 Å². The van der Waals surface area contributed by atoms with Crippen molar-refractivity contribution in [2.24, 2.45) is 0 Å². The number of aliphatic hydroxyl groups excluding tert-OH is 1. The zero-order valence-electron chi connectivity index (χ0n) is 8.42. The molecular weight excluding hydrogens is 224 g/mol. The first kappa shape index (κ1) is 12.7. The molecule has 0 aromatic heterocycles. The van der Waals surface area contributed by atoms with Gasteiger partial charge in [0.05, 0.1) is 11.7 Å². The summed E-state index contributed by atoms with van der Waals surface area (Å²) in [6, 6.07) is 2.22. The van der Waals surface area contributed by atoms with Crippen LogP contribution in [0.1, 0.15) is 18.1 Å². The highest BCUT2D eigenvalue weighted by atomic mass is 19.4. The third-order valence-electron chi connectivity index (χ3n) is 1.81. The molecule has 1 aromatic carbocycles. The van der Waals surface area contributed by atoms with E-state index in [2.05, 4.69) is 0 Å². The summed E-state index contributed by atoms with van der Waals surface area (Å²) >= 11 is 0. The van der Waals surface area contributed by atoms with E-state index in [-0.39, 0.29) is 5.56 Å². The van der Waals surface area contributed by atoms with Crippen LogP contribution in [-0.4, -0.2) is 11.2 Å². The Labute approximate surface area is 90.0 Å². The Hall–Kier alpha value is -1.36. The number of aliphatic hydroxyl groups is 1. The Morgan fingerprint density at radius 2 is 1.88 bits per heavy atom. The molecule has 0 aliphatic carbocycles. The number of hydrogen-bond acceptors (Lipinski definition) is 1. The number of halogens is 4. The zero-order chi connectivity index (χ0) is 12.3. The van der Waals surface area contributed by atoms with Gasteiger partial charge in [0.25, 0.3) is 0 Å². The summed E-state index contributed by atoms with van der Waals surface area (Å²) < 4.78 is 49.8. The summed E-state index contributed by atoms with van der Waals surface area (Å²) in [5, 5.41) is 8.91. The van der Waals surface area contributed by atoms with Crippen molar-refractivity contribution in [2.75, 3.05) is 0 Å². The van der Waals surface area contributed by atoms with E-state index in [0.29, 0.717) is 6.07 Å². The van der Waals surface area contributed by atoms with Crippen LogP contribution in [0, 0.1) is 5.82 Å². The van der Waals surface area contributed by atoms with Gasteiger partial charge in [0.15, 0.2) is 0 Å². The van der Waals surface area contributed by atoms with E-state index < -0.39 is 23.7 Å². The molecule has 0 saturated heterocycles. The van der Waals surface area contributed by atoms with Crippen LogP contribution in [0.3, 0.4) is 0 Å². The van der Waals surface area contributed by atoms with Crippen LogP contribution in [0.2, 0.25) is 0 Å². The summed E-state index contributed by atoms with van der Waals surface area (Å²) in [5.74, 6) is -0.958. The Morgan fingerprint density at radius 3 is 2.38 bits per heavy atom. The molecular formula is C11H10F4O. The van der Waals surface area contributed by atoms with Crippen molar-refractivity contribution in [2.45, 2.75) is 19.2 Å². The SMILES string of the molecule is CC(O)/C=C/c1cc(F)cc(C(F)(F)F)c1. The average Bonchev–Trinajstić information content (AvgIpc) is 2.12. The van der Waals surface area contributed by atoms with Crippen molar-refractivity contribution in [3.8, 4) is 0 Å². The average molecular weight is 234 g/mol. The van der Waals surface area contributed by atoms with Gasteiger partial charge in [-0.05, 0) is 30.7 Å². The number of rotatable bonds is 2. The van der Waals surface area contributed by atoms with Gasteiger partial charge >= 0.3 is 6.18 Å². The summed E-state index contributed by atoms with van der Waals surface area (Å²) in [6.07, 6.45) is -2.86. The summed E-state index contributed by atoms with van der Waals surface area (Å²) in [7, 11) is 0. The summed E-state index contributed by atoms with van der Waals surface area (Å²) in [6.45, 7) is 1.44. The van der Waals surface area contributed by atoms with Crippen LogP contribution >= 0.6 is 0 Å².